The van der Waals surface area contributed by atoms with E-state index in [0.29, 0.717) is 12.3 Å². The van der Waals surface area contributed by atoms with Crippen molar-refractivity contribution >= 4 is 27.5 Å². The molecule has 1 unspecified atom stereocenters. The van der Waals surface area contributed by atoms with Gasteiger partial charge in [-0.25, -0.2) is 0 Å². The van der Waals surface area contributed by atoms with Crippen LogP contribution in [0.2, 0.25) is 0 Å². The van der Waals surface area contributed by atoms with Crippen molar-refractivity contribution in [1.29, 1.82) is 0 Å². The number of hydrogen-bond acceptors (Lipinski definition) is 2. The summed E-state index contributed by atoms with van der Waals surface area (Å²) in [6, 6.07) is 9.74. The summed E-state index contributed by atoms with van der Waals surface area (Å²) >= 11 is 9.43. The molecule has 2 rings (SSSR count). The first-order chi connectivity index (χ1) is 9.50. The third-order valence-electron chi connectivity index (χ3n) is 3.34. The number of nitrogens with zero attached hydrogens (tertiary/aromatic N) is 2. The lowest BCUT2D eigenvalue weighted by Gasteiger charge is -2.30. The lowest BCUT2D eigenvalue weighted by atomic mass is 9.87. The Balaban J connectivity index is 2.62. The zero-order chi connectivity index (χ0) is 14.8. The van der Waals surface area contributed by atoms with E-state index in [0.717, 1.165) is 15.7 Å². The summed E-state index contributed by atoms with van der Waals surface area (Å²) in [5, 5.41) is 15.6. The van der Waals surface area contributed by atoms with Crippen molar-refractivity contribution in [3.05, 3.63) is 52.3 Å². The molecule has 2 aromatic rings. The zero-order valence-electron chi connectivity index (χ0n) is 11.6. The number of aliphatic hydroxyl groups is 1. The van der Waals surface area contributed by atoms with E-state index >= 15 is 0 Å². The highest BCUT2D eigenvalue weighted by molar-refractivity contribution is 9.10. The van der Waals surface area contributed by atoms with Gasteiger partial charge < -0.3 is 5.11 Å². The maximum Gasteiger partial charge on any atom is 0.133 e. The molecule has 1 N–H and O–H groups in total. The average Bonchev–Trinajstić information content (AvgIpc) is 2.82. The molecule has 0 amide bonds. The van der Waals surface area contributed by atoms with Crippen molar-refractivity contribution in [2.45, 2.75) is 31.9 Å². The first kappa shape index (κ1) is 15.5. The Labute approximate surface area is 132 Å². The largest absolute Gasteiger partial charge is 0.379 e. The van der Waals surface area contributed by atoms with Crippen LogP contribution in [0.3, 0.4) is 0 Å². The highest BCUT2D eigenvalue weighted by atomic mass is 79.9. The highest BCUT2D eigenvalue weighted by Crippen LogP contribution is 2.38. The van der Waals surface area contributed by atoms with Gasteiger partial charge in [-0.15, -0.1) is 11.6 Å². The van der Waals surface area contributed by atoms with Crippen LogP contribution in [0.4, 0.5) is 0 Å². The van der Waals surface area contributed by atoms with Gasteiger partial charge in [0.1, 0.15) is 5.60 Å². The fourth-order valence-corrected chi connectivity index (χ4v) is 3.24. The predicted octanol–water partition coefficient (Wildman–Crippen LogP) is 4.09. The second-order valence-electron chi connectivity index (χ2n) is 5.04. The highest BCUT2D eigenvalue weighted by Gasteiger charge is 2.36. The summed E-state index contributed by atoms with van der Waals surface area (Å²) in [4.78, 5) is 0. The minimum Gasteiger partial charge on any atom is -0.379 e. The van der Waals surface area contributed by atoms with Crippen LogP contribution in [0.1, 0.15) is 37.6 Å². The van der Waals surface area contributed by atoms with E-state index in [1.807, 2.05) is 48.9 Å². The number of hydrogen-bond donors (Lipinski definition) is 1. The van der Waals surface area contributed by atoms with Crippen LogP contribution in [-0.4, -0.2) is 20.8 Å². The lowest BCUT2D eigenvalue weighted by molar-refractivity contribution is 0.0653. The van der Waals surface area contributed by atoms with E-state index in [-0.39, 0.29) is 6.04 Å². The normalized spacial score (nSPS) is 14.5. The molecule has 1 atom stereocenters. The minimum absolute atomic E-state index is 0.155. The van der Waals surface area contributed by atoms with Gasteiger partial charge in [0.25, 0.3) is 0 Å². The average molecular weight is 358 g/mol. The molecule has 5 heteroatoms. The molecule has 20 heavy (non-hydrogen) atoms. The Morgan fingerprint density at radius 3 is 2.55 bits per heavy atom. The van der Waals surface area contributed by atoms with E-state index in [1.54, 1.807) is 6.20 Å². The van der Waals surface area contributed by atoms with E-state index in [2.05, 4.69) is 21.0 Å². The van der Waals surface area contributed by atoms with E-state index in [9.17, 15) is 5.11 Å². The van der Waals surface area contributed by atoms with Crippen LogP contribution in [-0.2, 0) is 5.60 Å². The fourth-order valence-electron chi connectivity index (χ4n) is 2.37. The van der Waals surface area contributed by atoms with E-state index in [1.165, 1.54) is 0 Å². The second-order valence-corrected chi connectivity index (χ2v) is 6.28. The van der Waals surface area contributed by atoms with Gasteiger partial charge in [0, 0.05) is 11.9 Å². The summed E-state index contributed by atoms with van der Waals surface area (Å²) < 4.78 is 2.63. The van der Waals surface area contributed by atoms with Crippen molar-refractivity contribution in [3.63, 3.8) is 0 Å². The molecule has 0 bridgehead atoms. The molecular formula is C15H18BrClN2O. The molecule has 0 aliphatic carbocycles. The molecule has 0 aliphatic heterocycles. The molecule has 1 heterocycles. The molecule has 1 aromatic carbocycles. The van der Waals surface area contributed by atoms with Crippen molar-refractivity contribution < 1.29 is 5.11 Å². The van der Waals surface area contributed by atoms with Crippen molar-refractivity contribution in [2.75, 3.05) is 5.88 Å². The number of benzene rings is 1. The predicted molar refractivity (Wildman–Crippen MR) is 85.1 cm³/mol. The summed E-state index contributed by atoms with van der Waals surface area (Å²) in [6.07, 6.45) is 2.15. The van der Waals surface area contributed by atoms with Gasteiger partial charge in [0.05, 0.1) is 16.4 Å². The smallest absolute Gasteiger partial charge is 0.133 e. The standard InChI is InChI=1S/C15H18BrClN2O/c1-11(2)19-14(13(16)10-18-19)15(20,8-9-17)12-6-4-3-5-7-12/h3-7,10-11,20H,8-9H2,1-2H3. The Morgan fingerprint density at radius 1 is 1.35 bits per heavy atom. The molecule has 0 saturated heterocycles. The minimum atomic E-state index is -1.15. The van der Waals surface area contributed by atoms with Crippen LogP contribution in [0, 0.1) is 0 Å². The Hall–Kier alpha value is -0.840. The quantitative estimate of drug-likeness (QED) is 0.818. The number of alkyl halides is 1. The van der Waals surface area contributed by atoms with Gasteiger partial charge in [-0.1, -0.05) is 30.3 Å². The van der Waals surface area contributed by atoms with Gasteiger partial charge >= 0.3 is 0 Å². The van der Waals surface area contributed by atoms with Crippen molar-refractivity contribution in [2.24, 2.45) is 0 Å². The van der Waals surface area contributed by atoms with E-state index < -0.39 is 5.60 Å². The van der Waals surface area contributed by atoms with Gasteiger partial charge in [-0.05, 0) is 41.8 Å². The lowest BCUT2D eigenvalue weighted by Crippen LogP contribution is -2.32. The molecule has 0 radical (unpaired) electrons. The van der Waals surface area contributed by atoms with Crippen LogP contribution >= 0.6 is 27.5 Å². The Bertz CT molecular complexity index is 571. The zero-order valence-corrected chi connectivity index (χ0v) is 13.9. The fraction of sp³-hybridized carbons (Fsp3) is 0.400. The molecule has 0 aliphatic rings. The number of aromatic nitrogens is 2. The molecule has 108 valence electrons. The second kappa shape index (κ2) is 6.29. The van der Waals surface area contributed by atoms with Gasteiger partial charge in [0.2, 0.25) is 0 Å². The number of rotatable bonds is 5. The van der Waals surface area contributed by atoms with Gasteiger partial charge in [-0.3, -0.25) is 4.68 Å². The molecule has 3 nitrogen and oxygen atoms in total. The van der Waals surface area contributed by atoms with Crippen LogP contribution in [0.5, 0.6) is 0 Å². The third kappa shape index (κ3) is 2.78. The van der Waals surface area contributed by atoms with Gasteiger partial charge in [-0.2, -0.15) is 5.10 Å². The monoisotopic (exact) mass is 356 g/mol. The molecular weight excluding hydrogens is 340 g/mol. The molecule has 0 saturated carbocycles. The Kier molecular flexibility index (Phi) is 4.89. The summed E-state index contributed by atoms with van der Waals surface area (Å²) in [5.41, 5.74) is 0.422. The first-order valence-electron chi connectivity index (χ1n) is 6.58. The topological polar surface area (TPSA) is 38.0 Å². The third-order valence-corrected chi connectivity index (χ3v) is 4.11. The van der Waals surface area contributed by atoms with Crippen molar-refractivity contribution in [1.82, 2.24) is 9.78 Å². The summed E-state index contributed by atoms with van der Waals surface area (Å²) in [6.45, 7) is 4.07. The number of halogens is 2. The first-order valence-corrected chi connectivity index (χ1v) is 7.90. The van der Waals surface area contributed by atoms with Gasteiger partial charge in [0.15, 0.2) is 0 Å². The van der Waals surface area contributed by atoms with E-state index in [4.69, 9.17) is 11.6 Å². The molecule has 1 aromatic heterocycles. The van der Waals surface area contributed by atoms with Crippen LogP contribution in [0.25, 0.3) is 0 Å². The Morgan fingerprint density at radius 2 is 2.00 bits per heavy atom. The van der Waals surface area contributed by atoms with Crippen molar-refractivity contribution in [3.8, 4) is 0 Å². The summed E-state index contributed by atoms with van der Waals surface area (Å²) in [7, 11) is 0. The molecule has 0 spiro atoms. The molecule has 0 fully saturated rings. The van der Waals surface area contributed by atoms with Crippen LogP contribution in [0.15, 0.2) is 41.0 Å². The summed E-state index contributed by atoms with van der Waals surface area (Å²) in [5.74, 6) is 0.362. The van der Waals surface area contributed by atoms with Crippen LogP contribution < -0.4 is 0 Å². The maximum absolute atomic E-state index is 11.3. The SMILES string of the molecule is CC(C)n1ncc(Br)c1C(O)(CCCl)c1ccccc1. The maximum atomic E-state index is 11.3.